The Hall–Kier alpha value is -5.64. The summed E-state index contributed by atoms with van der Waals surface area (Å²) in [6.07, 6.45) is 30.1. The van der Waals surface area contributed by atoms with Crippen molar-refractivity contribution >= 4 is 77.6 Å². The molecule has 718 valence electrons. The van der Waals surface area contributed by atoms with Gasteiger partial charge < -0.3 is 68.4 Å². The zero-order chi connectivity index (χ0) is 94.4. The number of rotatable bonds is 61. The predicted molar refractivity (Wildman–Crippen MR) is 481 cm³/mol. The molecule has 28 nitrogen and oxygen atoms in total. The minimum absolute atomic E-state index is 0.0454. The van der Waals surface area contributed by atoms with Crippen molar-refractivity contribution in [2.24, 2.45) is 50.7 Å². The Kier molecular flexibility index (Phi) is 76.7. The third-order valence-corrected chi connectivity index (χ3v) is 22.8. The largest absolute Gasteiger partial charge is 0.465 e. The van der Waals surface area contributed by atoms with Crippen LogP contribution in [0.5, 0.6) is 0 Å². The molecule has 6 N–H and O–H groups in total. The number of unbranched alkanes of at least 4 members (excludes halogenated alkanes) is 15. The number of amides is 3. The highest BCUT2D eigenvalue weighted by Crippen LogP contribution is 2.34. The summed E-state index contributed by atoms with van der Waals surface area (Å²) in [6, 6.07) is 0. The Labute approximate surface area is 734 Å². The highest BCUT2D eigenvalue weighted by Gasteiger charge is 2.32. The van der Waals surface area contributed by atoms with Crippen LogP contribution in [0.15, 0.2) is 0 Å². The number of nitrogens with one attached hydrogen (secondary N) is 3. The van der Waals surface area contributed by atoms with E-state index in [1.807, 2.05) is 111 Å². The molecule has 0 aliphatic heterocycles. The van der Waals surface area contributed by atoms with Gasteiger partial charge in [0.1, 0.15) is 19.8 Å². The molecule has 0 aromatic heterocycles. The fourth-order valence-electron chi connectivity index (χ4n) is 9.57. The fourth-order valence-corrected chi connectivity index (χ4v) is 10.9. The first-order chi connectivity index (χ1) is 56.2. The van der Waals surface area contributed by atoms with Crippen LogP contribution >= 0.6 is 7.60 Å². The number of carbonyl (C=O) groups is 10. The molecule has 0 aliphatic rings. The first-order valence-electron chi connectivity index (χ1n) is 45.5. The third-order valence-electron chi connectivity index (χ3n) is 20.9. The molecule has 0 saturated heterocycles. The average Bonchev–Trinajstić information content (AvgIpc) is 0.855. The van der Waals surface area contributed by atoms with E-state index in [9.17, 15) is 60.9 Å². The summed E-state index contributed by atoms with van der Waals surface area (Å²) >= 11 is 0. The van der Waals surface area contributed by atoms with Crippen LogP contribution in [0.4, 0.5) is 9.59 Å². The Balaban J connectivity index is -0.000000339. The molecule has 0 heterocycles. The van der Waals surface area contributed by atoms with Crippen LogP contribution in [0.25, 0.3) is 0 Å². The molecule has 0 saturated carbocycles. The molecule has 0 fully saturated rings. The Morgan fingerprint density at radius 3 is 0.959 bits per heavy atom. The van der Waals surface area contributed by atoms with Crippen LogP contribution in [0.2, 0.25) is 0 Å². The second-order valence-corrected chi connectivity index (χ2v) is 38.9. The molecule has 3 unspecified atom stereocenters. The lowest BCUT2D eigenvalue weighted by atomic mass is 9.91. The second kappa shape index (κ2) is 73.5. The molecule has 30 heteroatoms. The van der Waals surface area contributed by atoms with E-state index in [-0.39, 0.29) is 91.4 Å². The van der Waals surface area contributed by atoms with Gasteiger partial charge in [-0.2, -0.15) is 8.42 Å². The molecule has 3 amide bonds. The molecule has 121 heavy (non-hydrogen) atoms. The molecular formula is C91H178N3O25PS. The summed E-state index contributed by atoms with van der Waals surface area (Å²) in [6.45, 7) is 53.1. The van der Waals surface area contributed by atoms with E-state index in [4.69, 9.17) is 57.0 Å². The van der Waals surface area contributed by atoms with Crippen molar-refractivity contribution in [2.45, 2.75) is 391 Å². The van der Waals surface area contributed by atoms with Crippen LogP contribution in [0, 0.1) is 50.7 Å². The van der Waals surface area contributed by atoms with Crippen molar-refractivity contribution in [1.82, 2.24) is 16.0 Å². The molecular weight excluding hydrogens is 1600 g/mol. The average molecular weight is 1780 g/mol. The van der Waals surface area contributed by atoms with Crippen LogP contribution in [0.1, 0.15) is 385 Å². The predicted octanol–water partition coefficient (Wildman–Crippen LogP) is 20.5. The third kappa shape index (κ3) is 78.8. The first-order valence-corrected chi connectivity index (χ1v) is 48.9. The lowest BCUT2D eigenvalue weighted by Crippen LogP contribution is -2.49. The number of carbonyl (C=O) groups excluding carboxylic acids is 10. The Bertz CT molecular complexity index is 2810. The van der Waals surface area contributed by atoms with Crippen molar-refractivity contribution in [3.8, 4) is 0 Å². The summed E-state index contributed by atoms with van der Waals surface area (Å²) in [4.78, 5) is 133. The highest BCUT2D eigenvalue weighted by molar-refractivity contribution is 7.85. The maximum Gasteiger partial charge on any atom is 0.407 e. The van der Waals surface area contributed by atoms with Crippen LogP contribution in [-0.2, 0) is 95.7 Å². The number of ether oxygens (including phenoxy) is 9. The van der Waals surface area contributed by atoms with Crippen molar-refractivity contribution in [1.29, 1.82) is 0 Å². The molecule has 0 radical (unpaired) electrons. The van der Waals surface area contributed by atoms with Gasteiger partial charge in [0, 0.05) is 18.8 Å². The van der Waals surface area contributed by atoms with E-state index in [1.54, 1.807) is 34.6 Å². The summed E-state index contributed by atoms with van der Waals surface area (Å²) in [5, 5.41) is 7.69. The van der Waals surface area contributed by atoms with E-state index in [0.29, 0.717) is 109 Å². The quantitative estimate of drug-likeness (QED) is 0.0108. The number of hydrogen-bond acceptors (Lipinski definition) is 22. The van der Waals surface area contributed by atoms with E-state index >= 15 is 0 Å². The first kappa shape index (κ1) is 126. The van der Waals surface area contributed by atoms with Crippen molar-refractivity contribution < 1.29 is 118 Å². The Morgan fingerprint density at radius 1 is 0.364 bits per heavy atom. The van der Waals surface area contributed by atoms with Gasteiger partial charge in [-0.3, -0.25) is 47.5 Å². The SMILES string of the molecule is CCC(C)(C)C(=O)OCC(C)C.CCC(C)(C)C(=O)OCCP(=O)(O)O.CCC(C)C(=O)NC(C)(C)CS(=O)(=O)O.CCCCC(CC)COC(=O)CCCCCOC(=O)NCCOC(=O)C(C)(C)CC.CCCCC(CC)COC(=O)CCCCCOC(=O)NCCOC(=O)C(C)(C)CC.CCCCCCCCCCCCOC(=O)C(C)(C)CC. The number of esters is 7. The van der Waals surface area contributed by atoms with E-state index in [1.165, 1.54) is 70.6 Å². The minimum Gasteiger partial charge on any atom is -0.465 e. The zero-order valence-electron chi connectivity index (χ0n) is 80.8. The van der Waals surface area contributed by atoms with Crippen LogP contribution in [0.3, 0.4) is 0 Å². The molecule has 3 atom stereocenters. The number of hydrogen-bond donors (Lipinski definition) is 6. The normalized spacial score (nSPS) is 12.4. The van der Waals surface area contributed by atoms with Gasteiger partial charge in [-0.1, -0.05) is 193 Å². The molecule has 0 spiro atoms. The summed E-state index contributed by atoms with van der Waals surface area (Å²) in [5.74, 6) is -0.905. The second-order valence-electron chi connectivity index (χ2n) is 35.6. The van der Waals surface area contributed by atoms with E-state index in [2.05, 4.69) is 50.6 Å². The maximum absolute atomic E-state index is 11.8. The van der Waals surface area contributed by atoms with Crippen molar-refractivity contribution in [2.75, 3.05) is 84.5 Å². The monoisotopic (exact) mass is 1780 g/mol. The summed E-state index contributed by atoms with van der Waals surface area (Å²) in [5.41, 5.74) is -3.21. The molecule has 0 bridgehead atoms. The molecule has 0 aromatic carbocycles. The zero-order valence-corrected chi connectivity index (χ0v) is 82.5. The summed E-state index contributed by atoms with van der Waals surface area (Å²) in [7, 11) is -8.13. The van der Waals surface area contributed by atoms with Gasteiger partial charge in [0.15, 0.2) is 0 Å². The van der Waals surface area contributed by atoms with Gasteiger partial charge in [0.05, 0.1) is 97.3 Å². The molecule has 0 rings (SSSR count). The van der Waals surface area contributed by atoms with Crippen LogP contribution < -0.4 is 16.0 Å². The van der Waals surface area contributed by atoms with Gasteiger partial charge >= 0.3 is 61.6 Å². The van der Waals surface area contributed by atoms with Gasteiger partial charge in [0.2, 0.25) is 5.91 Å². The van der Waals surface area contributed by atoms with Gasteiger partial charge in [-0.15, -0.1) is 0 Å². The van der Waals surface area contributed by atoms with Crippen LogP contribution in [-0.4, -0.2) is 173 Å². The van der Waals surface area contributed by atoms with Gasteiger partial charge in [-0.05, 0) is 197 Å². The van der Waals surface area contributed by atoms with Gasteiger partial charge in [0.25, 0.3) is 10.1 Å². The Morgan fingerprint density at radius 2 is 0.661 bits per heavy atom. The van der Waals surface area contributed by atoms with Crippen molar-refractivity contribution in [3.05, 3.63) is 0 Å². The smallest absolute Gasteiger partial charge is 0.407 e. The lowest BCUT2D eigenvalue weighted by molar-refractivity contribution is -0.155. The van der Waals surface area contributed by atoms with E-state index in [0.717, 1.165) is 83.5 Å². The van der Waals surface area contributed by atoms with Gasteiger partial charge in [-0.25, -0.2) is 9.59 Å². The fraction of sp³-hybridized carbons (Fsp3) is 0.890. The minimum atomic E-state index is -4.07. The highest BCUT2D eigenvalue weighted by atomic mass is 32.2. The maximum atomic E-state index is 11.8. The molecule has 0 aromatic rings. The lowest BCUT2D eigenvalue weighted by Gasteiger charge is -2.26. The standard InChI is InChI=1S/2C23H43NO6.C18H36O2.C10H20O2.C9H19NO4S.C8H17O5P/c2*1-6-9-13-19(7-2)18-30-20(25)14-11-10-12-16-29-22(27)24-15-17-28-21(26)23(4,5)8-3;1-5-7-8-9-10-11-12-13-14-15-16-20-17(19)18(3,4)6-2;1-6-10(4,5)9(11)12-7-8(2)3;1-5-7(2)8(11)10-9(3,4)6-15(12,13)14;1-4-8(2,3)7(9)13-5-6-14(10,11)12/h2*19H,6-18H2,1-5H3,(H,24,27);5-16H2,1-4H3;8H,6-7H2,1-5H3;7H,5-6H2,1-4H3,(H,10,11)(H,12,13,14);4-6H2,1-3H3,(H2,10,11,12). The van der Waals surface area contributed by atoms with Crippen molar-refractivity contribution in [3.63, 3.8) is 0 Å². The molecule has 0 aliphatic carbocycles. The summed E-state index contributed by atoms with van der Waals surface area (Å²) < 4.78 is 86.8. The topological polar surface area (TPSA) is 402 Å². The van der Waals surface area contributed by atoms with E-state index < -0.39 is 69.6 Å². The number of alkyl carbamates (subject to hydrolysis) is 2.